The number of halogens is 1. The number of methoxy groups -OCH3 is 1. The number of ketones is 2. The zero-order chi connectivity index (χ0) is 26.9. The van der Waals surface area contributed by atoms with E-state index in [0.717, 1.165) is 4.57 Å². The minimum absolute atomic E-state index is 0.0196. The monoisotopic (exact) mass is 531 g/mol. The summed E-state index contributed by atoms with van der Waals surface area (Å²) in [6.07, 6.45) is 3.21. The van der Waals surface area contributed by atoms with E-state index in [-0.39, 0.29) is 46.6 Å². The SMILES string of the molecule is COc1cc([C@H]2C3=CCn4c(=O)n(-c5ccccc5)c(=O)n4[C@@H]3CC3=C2C(=O)C(C)=CC3=O)cc(Cl)c1O. The zero-order valence-corrected chi connectivity index (χ0v) is 21.2. The zero-order valence-electron chi connectivity index (χ0n) is 20.5. The topological polar surface area (TPSA) is 113 Å². The van der Waals surface area contributed by atoms with Crippen molar-refractivity contribution in [3.05, 3.63) is 108 Å². The predicted molar refractivity (Wildman–Crippen MR) is 139 cm³/mol. The van der Waals surface area contributed by atoms with Crippen LogP contribution in [0.4, 0.5) is 0 Å². The Kier molecular flexibility index (Phi) is 5.43. The third kappa shape index (κ3) is 3.31. The number of allylic oxidation sites excluding steroid dienone is 6. The maximum absolute atomic E-state index is 13.7. The standard InChI is InChI=1S/C28H22ClN3O6/c1-14-10-21(33)18-13-20-17(23(24(18)25(14)34)15-11-19(29)26(35)22(12-15)38-2)8-9-30-27(36)31(28(37)32(20)30)16-6-4-3-5-7-16/h3-8,10-12,20,23,35H,9,13H2,1-2H3/t20-,23+/m1/s1. The number of carbonyl (C=O) groups excluding carboxylic acids is 2. The number of hydrogen-bond acceptors (Lipinski definition) is 6. The Labute approximate surface area is 221 Å². The lowest BCUT2D eigenvalue weighted by molar-refractivity contribution is -0.116. The van der Waals surface area contributed by atoms with Gasteiger partial charge < -0.3 is 9.84 Å². The summed E-state index contributed by atoms with van der Waals surface area (Å²) >= 11 is 6.33. The minimum atomic E-state index is -0.744. The molecule has 38 heavy (non-hydrogen) atoms. The molecule has 0 spiro atoms. The lowest BCUT2D eigenvalue weighted by Crippen LogP contribution is -2.40. The number of phenols is 1. The lowest BCUT2D eigenvalue weighted by atomic mass is 9.68. The average molecular weight is 532 g/mol. The Balaban J connectivity index is 1.61. The van der Waals surface area contributed by atoms with Crippen molar-refractivity contribution in [1.82, 2.24) is 13.9 Å². The fourth-order valence-electron chi connectivity index (χ4n) is 5.73. The highest BCUT2D eigenvalue weighted by molar-refractivity contribution is 6.32. The van der Waals surface area contributed by atoms with Crippen LogP contribution in [0.25, 0.3) is 5.69 Å². The van der Waals surface area contributed by atoms with Crippen LogP contribution in [0, 0.1) is 0 Å². The molecule has 1 aromatic heterocycles. The van der Waals surface area contributed by atoms with E-state index in [1.807, 2.05) is 6.08 Å². The first-order valence-electron chi connectivity index (χ1n) is 12.0. The van der Waals surface area contributed by atoms with Gasteiger partial charge in [0.15, 0.2) is 23.1 Å². The molecule has 192 valence electrons. The molecule has 10 heteroatoms. The highest BCUT2D eigenvalue weighted by Gasteiger charge is 2.45. The van der Waals surface area contributed by atoms with Crippen molar-refractivity contribution in [2.75, 3.05) is 7.11 Å². The van der Waals surface area contributed by atoms with Crippen molar-refractivity contribution in [2.45, 2.75) is 31.8 Å². The quantitative estimate of drug-likeness (QED) is 0.410. The number of ether oxygens (including phenoxy) is 1. The highest BCUT2D eigenvalue weighted by Crippen LogP contribution is 2.51. The Morgan fingerprint density at radius 2 is 1.79 bits per heavy atom. The van der Waals surface area contributed by atoms with E-state index in [4.69, 9.17) is 16.3 Å². The van der Waals surface area contributed by atoms with E-state index in [9.17, 15) is 24.3 Å². The fourth-order valence-corrected chi connectivity index (χ4v) is 5.95. The second kappa shape index (κ2) is 8.59. The van der Waals surface area contributed by atoms with Gasteiger partial charge in [0.05, 0.1) is 30.4 Å². The maximum atomic E-state index is 13.7. The number of para-hydroxylation sites is 1. The van der Waals surface area contributed by atoms with Gasteiger partial charge in [-0.15, -0.1) is 0 Å². The molecule has 2 aliphatic carbocycles. The van der Waals surface area contributed by atoms with Crippen LogP contribution in [0.15, 0.2) is 86.5 Å². The molecule has 3 aromatic rings. The van der Waals surface area contributed by atoms with Gasteiger partial charge in [0.1, 0.15) is 0 Å². The molecule has 2 atom stereocenters. The van der Waals surface area contributed by atoms with Gasteiger partial charge in [0.2, 0.25) is 0 Å². The molecule has 0 bridgehead atoms. The van der Waals surface area contributed by atoms with Gasteiger partial charge in [0.25, 0.3) is 0 Å². The molecule has 0 fully saturated rings. The number of phenolic OH excluding ortho intramolecular Hbond substituents is 1. The summed E-state index contributed by atoms with van der Waals surface area (Å²) in [5.74, 6) is -1.47. The van der Waals surface area contributed by atoms with Gasteiger partial charge in [-0.1, -0.05) is 35.9 Å². The summed E-state index contributed by atoms with van der Waals surface area (Å²) in [5.41, 5.74) is 1.53. The molecule has 2 aromatic carbocycles. The van der Waals surface area contributed by atoms with Crippen LogP contribution in [0.1, 0.15) is 30.9 Å². The van der Waals surface area contributed by atoms with E-state index in [0.29, 0.717) is 28.0 Å². The molecule has 9 nitrogen and oxygen atoms in total. The number of hydrogen-bond donors (Lipinski definition) is 1. The predicted octanol–water partition coefficient (Wildman–Crippen LogP) is 3.23. The van der Waals surface area contributed by atoms with Crippen LogP contribution < -0.4 is 16.1 Å². The van der Waals surface area contributed by atoms with Crippen LogP contribution in [0.5, 0.6) is 11.5 Å². The van der Waals surface area contributed by atoms with E-state index >= 15 is 0 Å². The summed E-state index contributed by atoms with van der Waals surface area (Å²) in [4.78, 5) is 53.7. The number of benzene rings is 2. The van der Waals surface area contributed by atoms with Crippen LogP contribution in [0.3, 0.4) is 0 Å². The first-order chi connectivity index (χ1) is 18.2. The molecule has 0 radical (unpaired) electrons. The molecule has 3 aliphatic rings. The number of nitrogens with zero attached hydrogens (tertiary/aromatic N) is 3. The van der Waals surface area contributed by atoms with E-state index in [1.54, 1.807) is 43.3 Å². The number of carbonyl (C=O) groups is 2. The maximum Gasteiger partial charge on any atom is 0.352 e. The fraction of sp³-hybridized carbons (Fsp3) is 0.214. The summed E-state index contributed by atoms with van der Waals surface area (Å²) in [5, 5.41) is 10.3. The summed E-state index contributed by atoms with van der Waals surface area (Å²) in [6.45, 7) is 1.69. The van der Waals surface area contributed by atoms with Crippen LogP contribution in [0.2, 0.25) is 5.02 Å². The normalized spacial score (nSPS) is 20.4. The van der Waals surface area contributed by atoms with Gasteiger partial charge in [-0.3, -0.25) is 9.59 Å². The summed E-state index contributed by atoms with van der Waals surface area (Å²) < 4.78 is 9.14. The lowest BCUT2D eigenvalue weighted by Gasteiger charge is -2.39. The second-order valence-corrected chi connectivity index (χ2v) is 9.89. The highest BCUT2D eigenvalue weighted by atomic mass is 35.5. The molecule has 1 N–H and O–H groups in total. The van der Waals surface area contributed by atoms with Crippen molar-refractivity contribution in [1.29, 1.82) is 0 Å². The third-order valence-corrected chi connectivity index (χ3v) is 7.74. The molecule has 0 saturated carbocycles. The molecule has 0 amide bonds. The van der Waals surface area contributed by atoms with Crippen molar-refractivity contribution >= 4 is 23.2 Å². The van der Waals surface area contributed by atoms with Gasteiger partial charge >= 0.3 is 11.4 Å². The smallest absolute Gasteiger partial charge is 0.352 e. The van der Waals surface area contributed by atoms with Crippen molar-refractivity contribution in [2.24, 2.45) is 0 Å². The average Bonchev–Trinajstić information content (AvgIpc) is 3.17. The van der Waals surface area contributed by atoms with Gasteiger partial charge in [-0.2, -0.15) is 0 Å². The molecular formula is C28H22ClN3O6. The minimum Gasteiger partial charge on any atom is -0.503 e. The van der Waals surface area contributed by atoms with Gasteiger partial charge in [-0.05, 0) is 48.4 Å². The van der Waals surface area contributed by atoms with Gasteiger partial charge in [0, 0.05) is 29.1 Å². The summed E-state index contributed by atoms with van der Waals surface area (Å²) in [6, 6.07) is 11.0. The van der Waals surface area contributed by atoms with Crippen LogP contribution in [-0.4, -0.2) is 37.7 Å². The largest absolute Gasteiger partial charge is 0.503 e. The van der Waals surface area contributed by atoms with Crippen molar-refractivity contribution in [3.8, 4) is 17.2 Å². The van der Waals surface area contributed by atoms with Crippen LogP contribution >= 0.6 is 11.6 Å². The number of aromatic hydroxyl groups is 1. The second-order valence-electron chi connectivity index (χ2n) is 9.49. The van der Waals surface area contributed by atoms with Crippen molar-refractivity contribution < 1.29 is 19.4 Å². The molecule has 0 unspecified atom stereocenters. The van der Waals surface area contributed by atoms with Gasteiger partial charge in [-0.25, -0.2) is 23.5 Å². The first-order valence-corrected chi connectivity index (χ1v) is 12.4. The number of aromatic nitrogens is 3. The number of Topliss-reactive ketones (excluding diaryl/α,β-unsaturated/α-hetero) is 1. The van der Waals surface area contributed by atoms with E-state index < -0.39 is 23.3 Å². The Bertz CT molecular complexity index is 1770. The molecular weight excluding hydrogens is 510 g/mol. The third-order valence-electron chi connectivity index (χ3n) is 7.45. The van der Waals surface area contributed by atoms with Crippen molar-refractivity contribution in [3.63, 3.8) is 0 Å². The Hall–Kier alpha value is -4.37. The van der Waals surface area contributed by atoms with E-state index in [2.05, 4.69) is 0 Å². The number of rotatable bonds is 3. The molecule has 6 rings (SSSR count). The Morgan fingerprint density at radius 1 is 1.05 bits per heavy atom. The first kappa shape index (κ1) is 24.0. The summed E-state index contributed by atoms with van der Waals surface area (Å²) in [7, 11) is 1.39. The van der Waals surface area contributed by atoms with E-state index in [1.165, 1.54) is 28.6 Å². The van der Waals surface area contributed by atoms with Crippen LogP contribution in [-0.2, 0) is 16.1 Å². The Morgan fingerprint density at radius 3 is 2.50 bits per heavy atom. The number of fused-ring (bicyclic) bond motifs is 3. The molecule has 1 aliphatic heterocycles. The molecule has 0 saturated heterocycles. The molecule has 2 heterocycles.